The van der Waals surface area contributed by atoms with Crippen molar-refractivity contribution in [1.29, 1.82) is 0 Å². The van der Waals surface area contributed by atoms with Crippen molar-refractivity contribution in [2.45, 2.75) is 12.8 Å². The predicted molar refractivity (Wildman–Crippen MR) is 43.4 cm³/mol. The van der Waals surface area contributed by atoms with E-state index in [2.05, 4.69) is 10.2 Å². The van der Waals surface area contributed by atoms with Gasteiger partial charge in [0.15, 0.2) is 0 Å². The van der Waals surface area contributed by atoms with Crippen molar-refractivity contribution in [1.82, 2.24) is 10.2 Å². The first-order valence-corrected chi connectivity index (χ1v) is 4.32. The summed E-state index contributed by atoms with van der Waals surface area (Å²) in [5.74, 6) is 0.666. The maximum Gasteiger partial charge on any atom is 0.203 e. The second kappa shape index (κ2) is 3.73. The third kappa shape index (κ3) is 2.11. The number of alkyl halides is 1. The normalized spacial score (nSPS) is 10.1. The molecular formula is C5H8ClN3S. The van der Waals surface area contributed by atoms with Crippen LogP contribution in [0.2, 0.25) is 0 Å². The Morgan fingerprint density at radius 2 is 2.30 bits per heavy atom. The number of nitrogens with zero attached hydrogens (tertiary/aromatic N) is 2. The van der Waals surface area contributed by atoms with Crippen molar-refractivity contribution in [3.05, 3.63) is 5.01 Å². The van der Waals surface area contributed by atoms with E-state index in [1.165, 1.54) is 11.3 Å². The number of anilines is 1. The molecule has 56 valence electrons. The van der Waals surface area contributed by atoms with Gasteiger partial charge in [-0.2, -0.15) is 0 Å². The number of halogens is 1. The minimum absolute atomic E-state index is 0.532. The van der Waals surface area contributed by atoms with Crippen LogP contribution in [0.5, 0.6) is 0 Å². The number of nitrogen functional groups attached to an aromatic ring is 1. The van der Waals surface area contributed by atoms with Gasteiger partial charge < -0.3 is 5.73 Å². The summed E-state index contributed by atoms with van der Waals surface area (Å²) in [6, 6.07) is 0. The minimum Gasteiger partial charge on any atom is -0.374 e. The van der Waals surface area contributed by atoms with Crippen molar-refractivity contribution in [3.8, 4) is 0 Å². The lowest BCUT2D eigenvalue weighted by Gasteiger charge is -1.86. The van der Waals surface area contributed by atoms with Gasteiger partial charge in [0, 0.05) is 12.3 Å². The van der Waals surface area contributed by atoms with Crippen molar-refractivity contribution in [2.24, 2.45) is 0 Å². The van der Waals surface area contributed by atoms with Crippen molar-refractivity contribution < 1.29 is 0 Å². The third-order valence-electron chi connectivity index (χ3n) is 1.01. The van der Waals surface area contributed by atoms with Crippen LogP contribution in [0.4, 0.5) is 5.13 Å². The van der Waals surface area contributed by atoms with Crippen LogP contribution in [0, 0.1) is 0 Å². The molecule has 0 unspecified atom stereocenters. The van der Waals surface area contributed by atoms with E-state index in [0.29, 0.717) is 11.0 Å². The highest BCUT2D eigenvalue weighted by Crippen LogP contribution is 2.12. The van der Waals surface area contributed by atoms with Gasteiger partial charge in [-0.3, -0.25) is 0 Å². The van der Waals surface area contributed by atoms with Gasteiger partial charge in [-0.05, 0) is 6.42 Å². The van der Waals surface area contributed by atoms with Crippen LogP contribution in [-0.2, 0) is 6.42 Å². The summed E-state index contributed by atoms with van der Waals surface area (Å²) in [5, 5.41) is 9.01. The van der Waals surface area contributed by atoms with Crippen LogP contribution in [0.15, 0.2) is 0 Å². The molecule has 0 fully saturated rings. The first kappa shape index (κ1) is 7.75. The van der Waals surface area contributed by atoms with E-state index in [1.54, 1.807) is 0 Å². The molecule has 1 aromatic rings. The molecule has 0 spiro atoms. The second-order valence-electron chi connectivity index (χ2n) is 1.83. The van der Waals surface area contributed by atoms with Crippen molar-refractivity contribution in [3.63, 3.8) is 0 Å². The van der Waals surface area contributed by atoms with E-state index in [-0.39, 0.29) is 0 Å². The van der Waals surface area contributed by atoms with Crippen LogP contribution >= 0.6 is 22.9 Å². The summed E-state index contributed by atoms with van der Waals surface area (Å²) in [5.41, 5.74) is 5.36. The molecule has 0 aliphatic rings. The first-order valence-electron chi connectivity index (χ1n) is 2.96. The number of hydrogen-bond donors (Lipinski definition) is 1. The molecule has 0 saturated heterocycles. The fourth-order valence-electron chi connectivity index (χ4n) is 0.586. The molecule has 1 rings (SSSR count). The van der Waals surface area contributed by atoms with E-state index in [1.807, 2.05) is 0 Å². The lowest BCUT2D eigenvalue weighted by molar-refractivity contribution is 0.884. The van der Waals surface area contributed by atoms with Crippen LogP contribution < -0.4 is 5.73 Å². The summed E-state index contributed by atoms with van der Waals surface area (Å²) in [4.78, 5) is 0. The Labute approximate surface area is 68.2 Å². The summed E-state index contributed by atoms with van der Waals surface area (Å²) in [6.45, 7) is 0. The summed E-state index contributed by atoms with van der Waals surface area (Å²) in [6.07, 6.45) is 1.83. The number of aryl methyl sites for hydroxylation is 1. The third-order valence-corrected chi connectivity index (χ3v) is 2.09. The Balaban J connectivity index is 2.42. The van der Waals surface area contributed by atoms with E-state index in [0.717, 1.165) is 17.8 Å². The zero-order valence-electron chi connectivity index (χ0n) is 5.38. The van der Waals surface area contributed by atoms with Crippen LogP contribution in [0.25, 0.3) is 0 Å². The van der Waals surface area contributed by atoms with E-state index >= 15 is 0 Å². The zero-order valence-corrected chi connectivity index (χ0v) is 6.95. The average Bonchev–Trinajstić information content (AvgIpc) is 2.31. The largest absolute Gasteiger partial charge is 0.374 e. The van der Waals surface area contributed by atoms with Gasteiger partial charge in [0.05, 0.1) is 0 Å². The second-order valence-corrected chi connectivity index (χ2v) is 3.30. The SMILES string of the molecule is Nc1nnc(CCCCl)s1. The molecule has 0 radical (unpaired) electrons. The Hall–Kier alpha value is -0.350. The highest BCUT2D eigenvalue weighted by Gasteiger charge is 1.98. The van der Waals surface area contributed by atoms with Gasteiger partial charge in [-0.15, -0.1) is 21.8 Å². The van der Waals surface area contributed by atoms with Crippen LogP contribution in [0.3, 0.4) is 0 Å². The minimum atomic E-state index is 0.532. The molecule has 0 aliphatic carbocycles. The molecular weight excluding hydrogens is 170 g/mol. The van der Waals surface area contributed by atoms with Crippen molar-refractivity contribution in [2.75, 3.05) is 11.6 Å². The smallest absolute Gasteiger partial charge is 0.203 e. The van der Waals surface area contributed by atoms with Gasteiger partial charge in [-0.1, -0.05) is 11.3 Å². The van der Waals surface area contributed by atoms with E-state index in [9.17, 15) is 0 Å². The molecule has 0 atom stereocenters. The predicted octanol–water partition coefficient (Wildman–Crippen LogP) is 1.29. The molecule has 0 aliphatic heterocycles. The van der Waals surface area contributed by atoms with Gasteiger partial charge in [0.1, 0.15) is 5.01 Å². The Bertz CT molecular complexity index is 201. The number of nitrogens with two attached hydrogens (primary N) is 1. The van der Waals surface area contributed by atoms with E-state index < -0.39 is 0 Å². The number of hydrogen-bond acceptors (Lipinski definition) is 4. The van der Waals surface area contributed by atoms with Crippen LogP contribution in [-0.4, -0.2) is 16.1 Å². The lowest BCUT2D eigenvalue weighted by atomic mass is 10.4. The summed E-state index contributed by atoms with van der Waals surface area (Å²) >= 11 is 6.91. The molecule has 10 heavy (non-hydrogen) atoms. The monoisotopic (exact) mass is 177 g/mol. The number of aromatic nitrogens is 2. The average molecular weight is 178 g/mol. The fraction of sp³-hybridized carbons (Fsp3) is 0.600. The summed E-state index contributed by atoms with van der Waals surface area (Å²) < 4.78 is 0. The topological polar surface area (TPSA) is 51.8 Å². The molecule has 0 bridgehead atoms. The molecule has 0 aromatic carbocycles. The van der Waals surface area contributed by atoms with E-state index in [4.69, 9.17) is 17.3 Å². The Morgan fingerprint density at radius 1 is 1.50 bits per heavy atom. The molecule has 2 N–H and O–H groups in total. The Morgan fingerprint density at radius 3 is 2.80 bits per heavy atom. The molecule has 1 heterocycles. The highest BCUT2D eigenvalue weighted by atomic mass is 35.5. The van der Waals surface area contributed by atoms with Gasteiger partial charge >= 0.3 is 0 Å². The standard InChI is InChI=1S/C5H8ClN3S/c6-3-1-2-4-8-9-5(7)10-4/h1-3H2,(H2,7,9). The Kier molecular flexibility index (Phi) is 2.89. The first-order chi connectivity index (χ1) is 4.83. The lowest BCUT2D eigenvalue weighted by Crippen LogP contribution is -1.84. The maximum absolute atomic E-state index is 5.48. The number of rotatable bonds is 3. The van der Waals surface area contributed by atoms with Gasteiger partial charge in [0.2, 0.25) is 5.13 Å². The molecule has 0 amide bonds. The molecule has 0 saturated carbocycles. The quantitative estimate of drug-likeness (QED) is 0.708. The molecule has 5 heteroatoms. The summed E-state index contributed by atoms with van der Waals surface area (Å²) in [7, 11) is 0. The molecule has 1 aromatic heterocycles. The highest BCUT2D eigenvalue weighted by molar-refractivity contribution is 7.15. The van der Waals surface area contributed by atoms with Gasteiger partial charge in [0.25, 0.3) is 0 Å². The molecule has 3 nitrogen and oxygen atoms in total. The van der Waals surface area contributed by atoms with Gasteiger partial charge in [-0.25, -0.2) is 0 Å². The maximum atomic E-state index is 5.48. The fourth-order valence-corrected chi connectivity index (χ4v) is 1.37. The zero-order chi connectivity index (χ0) is 7.40. The van der Waals surface area contributed by atoms with Crippen molar-refractivity contribution >= 4 is 28.1 Å². The van der Waals surface area contributed by atoms with Crippen LogP contribution in [0.1, 0.15) is 11.4 Å².